The molecule has 1 atom stereocenters. The number of hydrogen-bond donors (Lipinski definition) is 0. The van der Waals surface area contributed by atoms with Crippen LogP contribution in [-0.2, 0) is 9.53 Å². The molecule has 0 radical (unpaired) electrons. The van der Waals surface area contributed by atoms with E-state index in [9.17, 15) is 4.79 Å². The number of ether oxygens (including phenoxy) is 1. The smallest absolute Gasteiger partial charge is 0.308 e. The molecule has 1 aliphatic rings. The lowest BCUT2D eigenvalue weighted by Crippen LogP contribution is -2.36. The van der Waals surface area contributed by atoms with Gasteiger partial charge in [-0.25, -0.2) is 0 Å². The number of carbonyl (C=O) groups excluding carboxylic acids is 1. The molecule has 1 heterocycles. The Balaban J connectivity index is 2.47. The largest absolute Gasteiger partial charge is 0.466 e. The molecule has 76 valence electrons. The minimum atomic E-state index is -1.05. The first-order valence-electron chi connectivity index (χ1n) is 5.22. The molecule has 0 unspecified atom stereocenters. The van der Waals surface area contributed by atoms with Crippen molar-refractivity contribution in [2.24, 2.45) is 5.92 Å². The molecule has 1 fully saturated rings. The van der Waals surface area contributed by atoms with Gasteiger partial charge in [0.1, 0.15) is 0 Å². The fourth-order valence-electron chi connectivity index (χ4n) is 2.16. The third-order valence-electron chi connectivity index (χ3n) is 2.83. The SMILES string of the molecule is CCOC(=O)[C@@H]1CCC[Si](C)(C)C1. The highest BCUT2D eigenvalue weighted by molar-refractivity contribution is 6.77. The van der Waals surface area contributed by atoms with E-state index < -0.39 is 8.07 Å². The van der Waals surface area contributed by atoms with Gasteiger partial charge >= 0.3 is 5.97 Å². The lowest BCUT2D eigenvalue weighted by molar-refractivity contribution is -0.147. The van der Waals surface area contributed by atoms with Crippen LogP contribution in [0.2, 0.25) is 25.2 Å². The van der Waals surface area contributed by atoms with E-state index in [0.29, 0.717) is 6.61 Å². The van der Waals surface area contributed by atoms with E-state index in [1.165, 1.54) is 12.5 Å². The molecular weight excluding hydrogens is 180 g/mol. The monoisotopic (exact) mass is 200 g/mol. The van der Waals surface area contributed by atoms with Gasteiger partial charge in [0, 0.05) is 8.07 Å². The summed E-state index contributed by atoms with van der Waals surface area (Å²) in [5.41, 5.74) is 0. The summed E-state index contributed by atoms with van der Waals surface area (Å²) in [5.74, 6) is 0.262. The minimum Gasteiger partial charge on any atom is -0.466 e. The van der Waals surface area contributed by atoms with Gasteiger partial charge in [0.2, 0.25) is 0 Å². The average Bonchev–Trinajstić information content (AvgIpc) is 2.03. The van der Waals surface area contributed by atoms with Crippen LogP contribution in [-0.4, -0.2) is 20.7 Å². The first-order valence-corrected chi connectivity index (χ1v) is 8.63. The normalized spacial score (nSPS) is 26.8. The quantitative estimate of drug-likeness (QED) is 0.506. The topological polar surface area (TPSA) is 26.3 Å². The van der Waals surface area contributed by atoms with E-state index in [-0.39, 0.29) is 11.9 Å². The summed E-state index contributed by atoms with van der Waals surface area (Å²) in [6, 6.07) is 2.51. The van der Waals surface area contributed by atoms with E-state index in [4.69, 9.17) is 4.74 Å². The number of esters is 1. The molecule has 13 heavy (non-hydrogen) atoms. The minimum absolute atomic E-state index is 0.0442. The lowest BCUT2D eigenvalue weighted by atomic mass is 10.1. The number of carbonyl (C=O) groups is 1. The highest BCUT2D eigenvalue weighted by Gasteiger charge is 2.33. The zero-order valence-electron chi connectivity index (χ0n) is 8.93. The van der Waals surface area contributed by atoms with E-state index in [0.717, 1.165) is 12.5 Å². The Morgan fingerprint density at radius 1 is 1.54 bits per heavy atom. The molecule has 1 aliphatic heterocycles. The molecule has 2 nitrogen and oxygen atoms in total. The Labute approximate surface area is 81.7 Å². The van der Waals surface area contributed by atoms with Crippen LogP contribution in [0.5, 0.6) is 0 Å². The fraction of sp³-hybridized carbons (Fsp3) is 0.900. The van der Waals surface area contributed by atoms with E-state index in [1.807, 2.05) is 6.92 Å². The van der Waals surface area contributed by atoms with Crippen molar-refractivity contribution in [3.63, 3.8) is 0 Å². The third kappa shape index (κ3) is 3.14. The maximum Gasteiger partial charge on any atom is 0.308 e. The number of rotatable bonds is 2. The van der Waals surface area contributed by atoms with Crippen LogP contribution in [0, 0.1) is 5.92 Å². The second kappa shape index (κ2) is 4.27. The lowest BCUT2D eigenvalue weighted by Gasteiger charge is -2.32. The molecule has 0 amide bonds. The van der Waals surface area contributed by atoms with Crippen LogP contribution >= 0.6 is 0 Å². The van der Waals surface area contributed by atoms with Crippen molar-refractivity contribution in [1.29, 1.82) is 0 Å². The van der Waals surface area contributed by atoms with Crippen molar-refractivity contribution in [2.75, 3.05) is 6.61 Å². The van der Waals surface area contributed by atoms with E-state index in [1.54, 1.807) is 0 Å². The van der Waals surface area contributed by atoms with Gasteiger partial charge in [0.05, 0.1) is 12.5 Å². The van der Waals surface area contributed by atoms with Gasteiger partial charge in [-0.2, -0.15) is 0 Å². The predicted octanol–water partition coefficient (Wildman–Crippen LogP) is 2.67. The Hall–Kier alpha value is -0.313. The Morgan fingerprint density at radius 3 is 2.77 bits per heavy atom. The van der Waals surface area contributed by atoms with Crippen LogP contribution in [0.3, 0.4) is 0 Å². The fourth-order valence-corrected chi connectivity index (χ4v) is 5.23. The second-order valence-corrected chi connectivity index (χ2v) is 9.95. The van der Waals surface area contributed by atoms with Crippen LogP contribution in [0.4, 0.5) is 0 Å². The third-order valence-corrected chi connectivity index (χ3v) is 6.13. The highest BCUT2D eigenvalue weighted by atomic mass is 28.3. The van der Waals surface area contributed by atoms with Crippen LogP contribution in [0.25, 0.3) is 0 Å². The maximum absolute atomic E-state index is 11.5. The standard InChI is InChI=1S/C10H20O2Si/c1-4-12-10(11)9-6-5-7-13(2,3)8-9/h9H,4-8H2,1-3H3/t9-/m1/s1. The number of hydrogen-bond acceptors (Lipinski definition) is 2. The first kappa shape index (κ1) is 10.8. The zero-order chi connectivity index (χ0) is 9.90. The predicted molar refractivity (Wildman–Crippen MR) is 56.5 cm³/mol. The molecule has 0 spiro atoms. The average molecular weight is 200 g/mol. The summed E-state index contributed by atoms with van der Waals surface area (Å²) in [5, 5.41) is 0. The van der Waals surface area contributed by atoms with Gasteiger partial charge in [0.15, 0.2) is 0 Å². The molecule has 0 aromatic carbocycles. The molecule has 1 rings (SSSR count). The second-order valence-electron chi connectivity index (χ2n) is 4.71. The van der Waals surface area contributed by atoms with Crippen molar-refractivity contribution in [2.45, 2.75) is 44.9 Å². The van der Waals surface area contributed by atoms with Crippen LogP contribution < -0.4 is 0 Å². The summed E-state index contributed by atoms with van der Waals surface area (Å²) in [4.78, 5) is 11.5. The molecule has 0 aromatic rings. The Morgan fingerprint density at radius 2 is 2.23 bits per heavy atom. The van der Waals surface area contributed by atoms with Crippen molar-refractivity contribution in [1.82, 2.24) is 0 Å². The Kier molecular flexibility index (Phi) is 3.53. The molecule has 3 heteroatoms. The molecule has 0 bridgehead atoms. The Bertz CT molecular complexity index is 189. The highest BCUT2D eigenvalue weighted by Crippen LogP contribution is 2.33. The molecule has 0 saturated carbocycles. The molecule has 0 aromatic heterocycles. The molecule has 1 saturated heterocycles. The van der Waals surface area contributed by atoms with Crippen molar-refractivity contribution in [3.8, 4) is 0 Å². The molecule has 0 N–H and O–H groups in total. The summed E-state index contributed by atoms with van der Waals surface area (Å²) < 4.78 is 5.06. The van der Waals surface area contributed by atoms with E-state index >= 15 is 0 Å². The van der Waals surface area contributed by atoms with Crippen molar-refractivity contribution < 1.29 is 9.53 Å². The zero-order valence-corrected chi connectivity index (χ0v) is 9.93. The van der Waals surface area contributed by atoms with E-state index in [2.05, 4.69) is 13.1 Å². The molecular formula is C10H20O2Si. The van der Waals surface area contributed by atoms with Gasteiger partial charge in [-0.05, 0) is 19.4 Å². The van der Waals surface area contributed by atoms with Gasteiger partial charge in [-0.1, -0.05) is 25.6 Å². The summed E-state index contributed by atoms with van der Waals surface area (Å²) in [6.45, 7) is 7.15. The summed E-state index contributed by atoms with van der Waals surface area (Å²) in [7, 11) is -1.05. The maximum atomic E-state index is 11.5. The molecule has 0 aliphatic carbocycles. The summed E-state index contributed by atoms with van der Waals surface area (Å²) >= 11 is 0. The van der Waals surface area contributed by atoms with Crippen LogP contribution in [0.15, 0.2) is 0 Å². The van der Waals surface area contributed by atoms with Gasteiger partial charge in [-0.3, -0.25) is 4.79 Å². The van der Waals surface area contributed by atoms with Crippen molar-refractivity contribution in [3.05, 3.63) is 0 Å². The van der Waals surface area contributed by atoms with Crippen molar-refractivity contribution >= 4 is 14.0 Å². The van der Waals surface area contributed by atoms with Gasteiger partial charge in [0.25, 0.3) is 0 Å². The van der Waals surface area contributed by atoms with Gasteiger partial charge < -0.3 is 4.74 Å². The van der Waals surface area contributed by atoms with Crippen LogP contribution in [0.1, 0.15) is 19.8 Å². The van der Waals surface area contributed by atoms with Gasteiger partial charge in [-0.15, -0.1) is 0 Å². The first-order chi connectivity index (χ1) is 6.05. The summed E-state index contributed by atoms with van der Waals surface area (Å²) in [6.07, 6.45) is 2.28.